The first-order chi connectivity index (χ1) is 15.2. The lowest BCUT2D eigenvalue weighted by Crippen LogP contribution is -2.14. The van der Waals surface area contributed by atoms with Crippen molar-refractivity contribution in [3.63, 3.8) is 0 Å². The molecule has 0 spiro atoms. The molecule has 3 nitrogen and oxygen atoms in total. The maximum Gasteiger partial charge on any atom is 0.345 e. The standard InChI is InChI=1S/C28H46O3/c1-3-5-6-7-8-9-10-11-12-13-14-16-20-25(19-4-2)23-24-27(29)31-28(30)26-21-17-15-18-22-26/h15,17-18,21-22,25H,3-14,16,19-20,23-24H2,1-2H3. The second-order valence-electron chi connectivity index (χ2n) is 9.00. The molecule has 0 saturated carbocycles. The lowest BCUT2D eigenvalue weighted by molar-refractivity contribution is -0.138. The Morgan fingerprint density at radius 3 is 1.77 bits per heavy atom. The molecule has 1 atom stereocenters. The molecule has 0 radical (unpaired) electrons. The average molecular weight is 431 g/mol. The van der Waals surface area contributed by atoms with Gasteiger partial charge in [0, 0.05) is 6.42 Å². The van der Waals surface area contributed by atoms with E-state index in [1.165, 1.54) is 83.5 Å². The van der Waals surface area contributed by atoms with Gasteiger partial charge in [-0.05, 0) is 24.5 Å². The minimum Gasteiger partial charge on any atom is -0.389 e. The van der Waals surface area contributed by atoms with Gasteiger partial charge in [0.05, 0.1) is 5.56 Å². The monoisotopic (exact) mass is 430 g/mol. The fraction of sp³-hybridized carbons (Fsp3) is 0.714. The van der Waals surface area contributed by atoms with Crippen LogP contribution < -0.4 is 0 Å². The summed E-state index contributed by atoms with van der Waals surface area (Å²) in [7, 11) is 0. The van der Waals surface area contributed by atoms with E-state index in [0.717, 1.165) is 19.3 Å². The van der Waals surface area contributed by atoms with E-state index in [9.17, 15) is 9.59 Å². The van der Waals surface area contributed by atoms with Gasteiger partial charge >= 0.3 is 11.9 Å². The smallest absolute Gasteiger partial charge is 0.345 e. The molecule has 0 aromatic heterocycles. The zero-order valence-corrected chi connectivity index (χ0v) is 20.2. The Balaban J connectivity index is 2.07. The first-order valence-electron chi connectivity index (χ1n) is 13.0. The van der Waals surface area contributed by atoms with Crippen LogP contribution in [-0.2, 0) is 9.53 Å². The molecule has 3 heteroatoms. The number of hydrogen-bond donors (Lipinski definition) is 0. The third-order valence-electron chi connectivity index (χ3n) is 6.14. The van der Waals surface area contributed by atoms with E-state index in [1.54, 1.807) is 24.3 Å². The van der Waals surface area contributed by atoms with E-state index < -0.39 is 11.9 Å². The van der Waals surface area contributed by atoms with E-state index in [4.69, 9.17) is 4.74 Å². The molecule has 0 heterocycles. The first kappa shape index (κ1) is 27.4. The highest BCUT2D eigenvalue weighted by Crippen LogP contribution is 2.22. The minimum atomic E-state index is -0.543. The number of esters is 2. The maximum atomic E-state index is 12.1. The molecule has 0 aliphatic heterocycles. The Morgan fingerprint density at radius 1 is 0.677 bits per heavy atom. The molecule has 0 fully saturated rings. The summed E-state index contributed by atoms with van der Waals surface area (Å²) in [6, 6.07) is 8.72. The van der Waals surface area contributed by atoms with Crippen molar-refractivity contribution in [2.45, 2.75) is 123 Å². The molecule has 31 heavy (non-hydrogen) atoms. The van der Waals surface area contributed by atoms with Crippen molar-refractivity contribution in [2.75, 3.05) is 0 Å². The number of ether oxygens (including phenoxy) is 1. The molecule has 1 rings (SSSR count). The highest BCUT2D eigenvalue weighted by molar-refractivity contribution is 5.96. The number of benzene rings is 1. The van der Waals surface area contributed by atoms with Crippen LogP contribution in [0.15, 0.2) is 30.3 Å². The van der Waals surface area contributed by atoms with Crippen molar-refractivity contribution < 1.29 is 14.3 Å². The Hall–Kier alpha value is -1.64. The van der Waals surface area contributed by atoms with Crippen LogP contribution in [0.25, 0.3) is 0 Å². The summed E-state index contributed by atoms with van der Waals surface area (Å²) in [5.41, 5.74) is 0.428. The van der Waals surface area contributed by atoms with Crippen LogP contribution >= 0.6 is 0 Å². The molecule has 0 aliphatic carbocycles. The summed E-state index contributed by atoms with van der Waals surface area (Å²) in [6.45, 7) is 4.47. The molecule has 0 N–H and O–H groups in total. The van der Waals surface area contributed by atoms with E-state index in [0.29, 0.717) is 17.9 Å². The first-order valence-corrected chi connectivity index (χ1v) is 13.0. The Kier molecular flexibility index (Phi) is 16.9. The van der Waals surface area contributed by atoms with Crippen molar-refractivity contribution in [1.29, 1.82) is 0 Å². The van der Waals surface area contributed by atoms with Crippen LogP contribution in [0.2, 0.25) is 0 Å². The molecule has 0 bridgehead atoms. The van der Waals surface area contributed by atoms with Gasteiger partial charge in [-0.25, -0.2) is 4.79 Å². The van der Waals surface area contributed by atoms with Gasteiger partial charge in [-0.15, -0.1) is 0 Å². The van der Waals surface area contributed by atoms with Crippen LogP contribution in [0.1, 0.15) is 133 Å². The van der Waals surface area contributed by atoms with Crippen molar-refractivity contribution >= 4 is 11.9 Å². The lowest BCUT2D eigenvalue weighted by Gasteiger charge is -2.15. The van der Waals surface area contributed by atoms with Crippen LogP contribution in [0, 0.1) is 5.92 Å². The van der Waals surface area contributed by atoms with Crippen molar-refractivity contribution in [1.82, 2.24) is 0 Å². The van der Waals surface area contributed by atoms with E-state index in [1.807, 2.05) is 6.07 Å². The second kappa shape index (κ2) is 19.1. The van der Waals surface area contributed by atoms with Gasteiger partial charge in [0.2, 0.25) is 0 Å². The van der Waals surface area contributed by atoms with Gasteiger partial charge in [0.1, 0.15) is 0 Å². The summed E-state index contributed by atoms with van der Waals surface area (Å²) in [6.07, 6.45) is 21.0. The summed E-state index contributed by atoms with van der Waals surface area (Å²) in [4.78, 5) is 24.0. The summed E-state index contributed by atoms with van der Waals surface area (Å²) < 4.78 is 5.00. The highest BCUT2D eigenvalue weighted by atomic mass is 16.6. The molecule has 1 aromatic carbocycles. The molecule has 1 aromatic rings. The topological polar surface area (TPSA) is 43.4 Å². The molecule has 0 aliphatic rings. The Labute approximate surface area is 191 Å². The summed E-state index contributed by atoms with van der Waals surface area (Å²) in [5, 5.41) is 0. The molecule has 0 saturated heterocycles. The van der Waals surface area contributed by atoms with Crippen LogP contribution in [0.5, 0.6) is 0 Å². The molecule has 0 amide bonds. The summed E-state index contributed by atoms with van der Waals surface area (Å²) in [5.74, 6) is -0.379. The Morgan fingerprint density at radius 2 is 1.23 bits per heavy atom. The predicted octanol–water partition coefficient (Wildman–Crippen LogP) is 8.66. The second-order valence-corrected chi connectivity index (χ2v) is 9.00. The van der Waals surface area contributed by atoms with E-state index in [2.05, 4.69) is 13.8 Å². The van der Waals surface area contributed by atoms with Crippen molar-refractivity contribution in [3.8, 4) is 0 Å². The van der Waals surface area contributed by atoms with Crippen molar-refractivity contribution in [2.24, 2.45) is 5.92 Å². The lowest BCUT2D eigenvalue weighted by atomic mass is 9.91. The van der Waals surface area contributed by atoms with Gasteiger partial charge in [0.25, 0.3) is 0 Å². The number of rotatable bonds is 19. The zero-order chi connectivity index (χ0) is 22.6. The van der Waals surface area contributed by atoms with E-state index >= 15 is 0 Å². The van der Waals surface area contributed by atoms with Crippen LogP contribution in [0.4, 0.5) is 0 Å². The maximum absolute atomic E-state index is 12.1. The van der Waals surface area contributed by atoms with E-state index in [-0.39, 0.29) is 0 Å². The SMILES string of the molecule is CCCCCCCCCCCCCCC(CCC)CCC(=O)OC(=O)c1ccccc1. The van der Waals surface area contributed by atoms with Crippen LogP contribution in [0.3, 0.4) is 0 Å². The largest absolute Gasteiger partial charge is 0.389 e. The van der Waals surface area contributed by atoms with Gasteiger partial charge in [-0.2, -0.15) is 0 Å². The third kappa shape index (κ3) is 14.9. The number of hydrogen-bond acceptors (Lipinski definition) is 3. The summed E-state index contributed by atoms with van der Waals surface area (Å²) >= 11 is 0. The minimum absolute atomic E-state index is 0.335. The van der Waals surface area contributed by atoms with Crippen molar-refractivity contribution in [3.05, 3.63) is 35.9 Å². The van der Waals surface area contributed by atoms with Crippen LogP contribution in [-0.4, -0.2) is 11.9 Å². The quantitative estimate of drug-likeness (QED) is 0.125. The zero-order valence-electron chi connectivity index (χ0n) is 20.2. The molecule has 176 valence electrons. The molecular formula is C28H46O3. The average Bonchev–Trinajstić information content (AvgIpc) is 2.78. The number of carbonyl (C=O) groups excluding carboxylic acids is 2. The molecular weight excluding hydrogens is 384 g/mol. The van der Waals surface area contributed by atoms with Gasteiger partial charge in [-0.3, -0.25) is 4.79 Å². The normalized spacial score (nSPS) is 11.9. The molecule has 1 unspecified atom stereocenters. The highest BCUT2D eigenvalue weighted by Gasteiger charge is 2.15. The van der Waals surface area contributed by atoms with Gasteiger partial charge in [0.15, 0.2) is 0 Å². The fourth-order valence-electron chi connectivity index (χ4n) is 4.22. The fourth-order valence-corrected chi connectivity index (χ4v) is 4.22. The predicted molar refractivity (Wildman–Crippen MR) is 130 cm³/mol. The number of unbranched alkanes of at least 4 members (excludes halogenated alkanes) is 11. The van der Waals surface area contributed by atoms with Gasteiger partial charge < -0.3 is 4.74 Å². The Bertz CT molecular complexity index is 567. The number of carbonyl (C=O) groups is 2. The van der Waals surface area contributed by atoms with Gasteiger partial charge in [-0.1, -0.05) is 128 Å². The third-order valence-corrected chi connectivity index (χ3v) is 6.14.